The molecule has 1 N–H and O–H groups in total. The summed E-state index contributed by atoms with van der Waals surface area (Å²) in [5, 5.41) is 2.91. The van der Waals surface area contributed by atoms with Gasteiger partial charge in [-0.2, -0.15) is 0 Å². The molecule has 0 unspecified atom stereocenters. The maximum absolute atomic E-state index is 14.2. The summed E-state index contributed by atoms with van der Waals surface area (Å²) in [4.78, 5) is 27.1. The zero-order valence-corrected chi connectivity index (χ0v) is 17.0. The van der Waals surface area contributed by atoms with E-state index < -0.39 is 6.04 Å². The van der Waals surface area contributed by atoms with Gasteiger partial charge in [-0.3, -0.25) is 9.59 Å². The first kappa shape index (κ1) is 21.6. The largest absolute Gasteiger partial charge is 0.352 e. The lowest BCUT2D eigenvalue weighted by Gasteiger charge is -2.30. The van der Waals surface area contributed by atoms with Crippen molar-refractivity contribution in [1.82, 2.24) is 10.2 Å². The molecule has 0 spiro atoms. The molecule has 0 bridgehead atoms. The number of hydrogen-bond acceptors (Lipinski definition) is 2. The molecule has 0 aliphatic rings. The minimum Gasteiger partial charge on any atom is -0.352 e. The normalized spacial score (nSPS) is 12.9. The fraction of sp³-hybridized carbons (Fsp3) is 0.391. The molecule has 28 heavy (non-hydrogen) atoms. The van der Waals surface area contributed by atoms with Crippen LogP contribution in [0.5, 0.6) is 0 Å². The van der Waals surface area contributed by atoms with Crippen molar-refractivity contribution in [1.29, 1.82) is 0 Å². The molecule has 2 rings (SSSR count). The van der Waals surface area contributed by atoms with Crippen LogP contribution in [0.25, 0.3) is 0 Å². The summed E-state index contributed by atoms with van der Waals surface area (Å²) in [7, 11) is 0. The van der Waals surface area contributed by atoms with Crippen LogP contribution in [0, 0.1) is 12.7 Å². The third-order valence-electron chi connectivity index (χ3n) is 4.94. The number of aryl methyl sites for hydroxylation is 1. The Bertz CT molecular complexity index is 805. The summed E-state index contributed by atoms with van der Waals surface area (Å²) >= 11 is 0. The Balaban J connectivity index is 2.23. The lowest BCUT2D eigenvalue weighted by atomic mass is 10.1. The number of halogens is 1. The second-order valence-electron chi connectivity index (χ2n) is 7.27. The smallest absolute Gasteiger partial charge is 0.242 e. The molecular formula is C23H29FN2O2. The van der Waals surface area contributed by atoms with E-state index in [1.807, 2.05) is 45.0 Å². The predicted octanol–water partition coefficient (Wildman–Crippen LogP) is 4.01. The lowest BCUT2D eigenvalue weighted by Crippen LogP contribution is -2.50. The molecule has 2 aromatic rings. The summed E-state index contributed by atoms with van der Waals surface area (Å²) in [6, 6.07) is 13.3. The van der Waals surface area contributed by atoms with Gasteiger partial charge in [0.2, 0.25) is 11.8 Å². The van der Waals surface area contributed by atoms with E-state index in [-0.39, 0.29) is 36.6 Å². The van der Waals surface area contributed by atoms with Crippen LogP contribution in [0.15, 0.2) is 48.5 Å². The van der Waals surface area contributed by atoms with Crippen LogP contribution in [0.4, 0.5) is 4.39 Å². The maximum atomic E-state index is 14.2. The van der Waals surface area contributed by atoms with E-state index in [0.717, 1.165) is 17.5 Å². The first-order valence-electron chi connectivity index (χ1n) is 9.70. The lowest BCUT2D eigenvalue weighted by molar-refractivity contribution is -0.140. The van der Waals surface area contributed by atoms with Crippen molar-refractivity contribution in [2.75, 3.05) is 0 Å². The molecule has 0 fully saturated rings. The highest BCUT2D eigenvalue weighted by molar-refractivity contribution is 5.88. The van der Waals surface area contributed by atoms with Gasteiger partial charge in [-0.1, -0.05) is 55.0 Å². The van der Waals surface area contributed by atoms with Crippen LogP contribution in [0.3, 0.4) is 0 Å². The van der Waals surface area contributed by atoms with Crippen molar-refractivity contribution in [2.45, 2.75) is 59.2 Å². The van der Waals surface area contributed by atoms with Crippen molar-refractivity contribution >= 4 is 11.8 Å². The summed E-state index contributed by atoms with van der Waals surface area (Å²) in [6.07, 6.45) is 0.957. The van der Waals surface area contributed by atoms with Gasteiger partial charge in [0.25, 0.3) is 0 Å². The second kappa shape index (κ2) is 10.0. The highest BCUT2D eigenvalue weighted by Gasteiger charge is 2.27. The van der Waals surface area contributed by atoms with E-state index in [2.05, 4.69) is 5.32 Å². The van der Waals surface area contributed by atoms with Crippen LogP contribution < -0.4 is 5.32 Å². The Kier molecular flexibility index (Phi) is 7.73. The van der Waals surface area contributed by atoms with Crippen LogP contribution >= 0.6 is 0 Å². The number of nitrogens with zero attached hydrogens (tertiary/aromatic N) is 1. The zero-order valence-electron chi connectivity index (χ0n) is 17.0. The number of benzene rings is 2. The third-order valence-corrected chi connectivity index (χ3v) is 4.94. The first-order valence-corrected chi connectivity index (χ1v) is 9.70. The number of carbonyl (C=O) groups is 2. The molecule has 4 nitrogen and oxygen atoms in total. The van der Waals surface area contributed by atoms with Gasteiger partial charge in [0.1, 0.15) is 11.9 Å². The predicted molar refractivity (Wildman–Crippen MR) is 109 cm³/mol. The van der Waals surface area contributed by atoms with E-state index in [1.165, 1.54) is 11.0 Å². The molecule has 2 atom stereocenters. The number of carbonyl (C=O) groups excluding carboxylic acids is 2. The Morgan fingerprint density at radius 3 is 2.32 bits per heavy atom. The fourth-order valence-corrected chi connectivity index (χ4v) is 2.84. The highest BCUT2D eigenvalue weighted by Crippen LogP contribution is 2.15. The standard InChI is InChI=1S/C23H29FN2O2/c1-5-17(3)25-23(28)18(4)26(15-20-8-6-7-9-21(20)24)22(27)14-19-12-10-16(2)11-13-19/h6-13,17-18H,5,14-15H2,1-4H3,(H,25,28)/t17-,18-/m1/s1. The molecule has 5 heteroatoms. The number of rotatable bonds is 8. The molecule has 0 radical (unpaired) electrons. The fourth-order valence-electron chi connectivity index (χ4n) is 2.84. The minimum absolute atomic E-state index is 0.0115. The van der Waals surface area contributed by atoms with E-state index in [1.54, 1.807) is 25.1 Å². The third kappa shape index (κ3) is 5.91. The van der Waals surface area contributed by atoms with E-state index in [9.17, 15) is 14.0 Å². The van der Waals surface area contributed by atoms with Crippen molar-refractivity contribution in [2.24, 2.45) is 0 Å². The van der Waals surface area contributed by atoms with Crippen LogP contribution in [-0.4, -0.2) is 28.8 Å². The monoisotopic (exact) mass is 384 g/mol. The number of nitrogens with one attached hydrogen (secondary N) is 1. The molecule has 0 aliphatic heterocycles. The minimum atomic E-state index is -0.702. The van der Waals surface area contributed by atoms with Crippen molar-refractivity contribution in [3.05, 3.63) is 71.0 Å². The highest BCUT2D eigenvalue weighted by atomic mass is 19.1. The molecule has 0 aromatic heterocycles. The zero-order chi connectivity index (χ0) is 20.7. The summed E-state index contributed by atoms with van der Waals surface area (Å²) < 4.78 is 14.2. The second-order valence-corrected chi connectivity index (χ2v) is 7.27. The Morgan fingerprint density at radius 1 is 1.07 bits per heavy atom. The van der Waals surface area contributed by atoms with Crippen molar-refractivity contribution in [3.63, 3.8) is 0 Å². The van der Waals surface area contributed by atoms with Gasteiger partial charge in [-0.05, 0) is 38.8 Å². The number of amides is 2. The molecule has 0 saturated carbocycles. The Labute approximate surface area is 166 Å². The van der Waals surface area contributed by atoms with Gasteiger partial charge < -0.3 is 10.2 Å². The van der Waals surface area contributed by atoms with E-state index in [0.29, 0.717) is 5.56 Å². The average Bonchev–Trinajstić information content (AvgIpc) is 2.68. The van der Waals surface area contributed by atoms with Gasteiger partial charge in [-0.25, -0.2) is 4.39 Å². The Morgan fingerprint density at radius 2 is 1.71 bits per heavy atom. The quantitative estimate of drug-likeness (QED) is 0.748. The van der Waals surface area contributed by atoms with Crippen molar-refractivity contribution in [3.8, 4) is 0 Å². The molecule has 0 aliphatic carbocycles. The van der Waals surface area contributed by atoms with Crippen molar-refractivity contribution < 1.29 is 14.0 Å². The molecule has 0 saturated heterocycles. The molecule has 2 aromatic carbocycles. The Hall–Kier alpha value is -2.69. The topological polar surface area (TPSA) is 49.4 Å². The summed E-state index contributed by atoms with van der Waals surface area (Å²) in [5.41, 5.74) is 2.37. The van der Waals surface area contributed by atoms with Gasteiger partial charge in [0.05, 0.1) is 6.42 Å². The molecule has 150 valence electrons. The van der Waals surface area contributed by atoms with Gasteiger partial charge >= 0.3 is 0 Å². The molecular weight excluding hydrogens is 355 g/mol. The molecule has 2 amide bonds. The van der Waals surface area contributed by atoms with Gasteiger partial charge in [-0.15, -0.1) is 0 Å². The van der Waals surface area contributed by atoms with Gasteiger partial charge in [0.15, 0.2) is 0 Å². The van der Waals surface area contributed by atoms with Crippen LogP contribution in [-0.2, 0) is 22.6 Å². The van der Waals surface area contributed by atoms with E-state index >= 15 is 0 Å². The summed E-state index contributed by atoms with van der Waals surface area (Å²) in [6.45, 7) is 7.62. The molecule has 0 heterocycles. The first-order chi connectivity index (χ1) is 13.3. The van der Waals surface area contributed by atoms with Crippen LogP contribution in [0.2, 0.25) is 0 Å². The average molecular weight is 384 g/mol. The maximum Gasteiger partial charge on any atom is 0.242 e. The van der Waals surface area contributed by atoms with E-state index in [4.69, 9.17) is 0 Å². The van der Waals surface area contributed by atoms with Crippen LogP contribution in [0.1, 0.15) is 43.9 Å². The number of hydrogen-bond donors (Lipinski definition) is 1. The summed E-state index contributed by atoms with van der Waals surface area (Å²) in [5.74, 6) is -0.827. The van der Waals surface area contributed by atoms with Gasteiger partial charge in [0, 0.05) is 18.2 Å². The SMILES string of the molecule is CC[C@@H](C)NC(=O)[C@@H](C)N(Cc1ccccc1F)C(=O)Cc1ccc(C)cc1.